The molecule has 0 unspecified atom stereocenters. The van der Waals surface area contributed by atoms with Gasteiger partial charge in [0.1, 0.15) is 0 Å². The molecule has 0 atom stereocenters. The molecule has 0 aromatic heterocycles. The summed E-state index contributed by atoms with van der Waals surface area (Å²) in [6.45, 7) is 14.1. The Bertz CT molecular complexity index is 128. The van der Waals surface area contributed by atoms with Gasteiger partial charge in [0.25, 0.3) is 0 Å². The summed E-state index contributed by atoms with van der Waals surface area (Å²) >= 11 is 0. The van der Waals surface area contributed by atoms with E-state index >= 15 is 0 Å². The molecule has 0 N–H and O–H groups in total. The van der Waals surface area contributed by atoms with Gasteiger partial charge in [-0.25, -0.2) is 0 Å². The van der Waals surface area contributed by atoms with E-state index in [1.54, 1.807) is 0 Å². The average molecular weight is 256 g/mol. The van der Waals surface area contributed by atoms with Crippen molar-refractivity contribution in [3.63, 3.8) is 0 Å². The summed E-state index contributed by atoms with van der Waals surface area (Å²) in [6, 6.07) is 0. The van der Waals surface area contributed by atoms with E-state index < -0.39 is 0 Å². The minimum Gasteiger partial charge on any atom is -0.343 e. The third-order valence-corrected chi connectivity index (χ3v) is 3.07. The van der Waals surface area contributed by atoms with Crippen LogP contribution in [-0.2, 0) is 32.7 Å². The molecule has 1 aliphatic rings. The minimum absolute atomic E-state index is 0. The van der Waals surface area contributed by atoms with Crippen LogP contribution < -0.4 is 0 Å². The fourth-order valence-corrected chi connectivity index (χ4v) is 1.97. The van der Waals surface area contributed by atoms with Gasteiger partial charge in [0.05, 0.1) is 0 Å². The molecule has 0 saturated carbocycles. The van der Waals surface area contributed by atoms with Gasteiger partial charge in [0.15, 0.2) is 0 Å². The second kappa shape index (κ2) is 6.53. The zero-order chi connectivity index (χ0) is 9.03. The van der Waals surface area contributed by atoms with Crippen LogP contribution >= 0.6 is 0 Å². The van der Waals surface area contributed by atoms with Crippen molar-refractivity contribution in [3.05, 3.63) is 13.8 Å². The van der Waals surface area contributed by atoms with Crippen LogP contribution in [-0.4, -0.2) is 24.5 Å². The van der Waals surface area contributed by atoms with E-state index in [9.17, 15) is 0 Å². The molecule has 0 spiro atoms. The zero-order valence-corrected chi connectivity index (χ0v) is 11.7. The maximum Gasteiger partial charge on any atom is 0 e. The summed E-state index contributed by atoms with van der Waals surface area (Å²) in [4.78, 5) is 2.51. The third kappa shape index (κ3) is 4.40. The van der Waals surface area contributed by atoms with Crippen molar-refractivity contribution in [1.82, 2.24) is 4.90 Å². The van der Waals surface area contributed by atoms with E-state index in [1.807, 2.05) is 0 Å². The summed E-state index contributed by atoms with van der Waals surface area (Å²) in [7, 11) is 0. The van der Waals surface area contributed by atoms with Gasteiger partial charge in [0, 0.05) is 32.7 Å². The summed E-state index contributed by atoms with van der Waals surface area (Å²) in [5.74, 6) is 0. The first-order valence-corrected chi connectivity index (χ1v) is 5.07. The van der Waals surface area contributed by atoms with Crippen molar-refractivity contribution in [1.29, 1.82) is 0 Å². The molecule has 0 aromatic rings. The van der Waals surface area contributed by atoms with Gasteiger partial charge in [-0.05, 0) is 19.6 Å². The minimum atomic E-state index is 0. The van der Waals surface area contributed by atoms with Crippen molar-refractivity contribution in [2.75, 3.05) is 19.6 Å². The number of nitrogens with zero attached hydrogens (tertiary/aromatic N) is 1. The van der Waals surface area contributed by atoms with Crippen molar-refractivity contribution in [2.24, 2.45) is 5.41 Å². The molecule has 1 heterocycles. The predicted octanol–water partition coefficient (Wildman–Crippen LogP) is 2.53. The van der Waals surface area contributed by atoms with Crippen LogP contribution in [0.3, 0.4) is 0 Å². The van der Waals surface area contributed by atoms with Gasteiger partial charge in [-0.3, -0.25) is 0 Å². The monoisotopic (exact) mass is 256 g/mol. The molecule has 1 radical (unpaired) electrons. The van der Waals surface area contributed by atoms with Crippen molar-refractivity contribution < 1.29 is 32.7 Å². The van der Waals surface area contributed by atoms with Crippen LogP contribution in [0.5, 0.6) is 0 Å². The molecule has 0 aromatic carbocycles. The van der Waals surface area contributed by atoms with Gasteiger partial charge in [-0.15, -0.1) is 6.42 Å². The standard InChI is InChI=1S/C11H21N.Y/c1-4-6-11(3)7-9-12(5-2)10-8-11;/h1,3-10H2,2H3;/q-2;. The van der Waals surface area contributed by atoms with Crippen LogP contribution in [0.1, 0.15) is 32.6 Å². The molecule has 0 aliphatic carbocycles. The summed E-state index contributed by atoms with van der Waals surface area (Å²) in [5, 5.41) is 0. The first-order chi connectivity index (χ1) is 5.70. The molecule has 1 fully saturated rings. The number of rotatable bonds is 3. The van der Waals surface area contributed by atoms with Crippen LogP contribution in [0.15, 0.2) is 0 Å². The van der Waals surface area contributed by atoms with Gasteiger partial charge in [0.2, 0.25) is 0 Å². The quantitative estimate of drug-likeness (QED) is 0.701. The Hall–Kier alpha value is 1.06. The van der Waals surface area contributed by atoms with E-state index in [0.717, 1.165) is 6.42 Å². The molecule has 0 amide bonds. The summed E-state index contributed by atoms with van der Waals surface area (Å²) < 4.78 is 0. The average Bonchev–Trinajstić information content (AvgIpc) is 2.06. The van der Waals surface area contributed by atoms with E-state index in [1.165, 1.54) is 38.9 Å². The van der Waals surface area contributed by atoms with Gasteiger partial charge in [-0.2, -0.15) is 11.8 Å². The fraction of sp³-hybridized carbons (Fsp3) is 0.818. The maximum atomic E-state index is 4.32. The molecule has 2 heteroatoms. The van der Waals surface area contributed by atoms with Crippen LogP contribution in [0.4, 0.5) is 0 Å². The Balaban J connectivity index is 0.00000144. The number of piperidine rings is 1. The second-order valence-electron chi connectivity index (χ2n) is 4.04. The largest absolute Gasteiger partial charge is 0.343 e. The number of hydrogen-bond acceptors (Lipinski definition) is 1. The number of hydrogen-bond donors (Lipinski definition) is 0. The molecule has 1 nitrogen and oxygen atoms in total. The molecule has 13 heavy (non-hydrogen) atoms. The molecule has 75 valence electrons. The smallest absolute Gasteiger partial charge is 0 e. The van der Waals surface area contributed by atoms with Crippen LogP contribution in [0.2, 0.25) is 0 Å². The third-order valence-electron chi connectivity index (χ3n) is 3.07. The predicted molar refractivity (Wildman–Crippen MR) is 53.7 cm³/mol. The molecule has 1 aliphatic heterocycles. The first-order valence-electron chi connectivity index (χ1n) is 5.07. The Morgan fingerprint density at radius 2 is 1.85 bits per heavy atom. The topological polar surface area (TPSA) is 3.24 Å². The Labute approximate surface area is 109 Å². The van der Waals surface area contributed by atoms with Crippen LogP contribution in [0.25, 0.3) is 0 Å². The fourth-order valence-electron chi connectivity index (χ4n) is 1.97. The summed E-state index contributed by atoms with van der Waals surface area (Å²) in [6.07, 6.45) is 4.76. The molecular formula is C11H21NY-2. The van der Waals surface area contributed by atoms with Gasteiger partial charge >= 0.3 is 0 Å². The van der Waals surface area contributed by atoms with Crippen molar-refractivity contribution in [2.45, 2.75) is 32.6 Å². The molecule has 0 bridgehead atoms. The SMILES string of the molecule is [CH2-]CCC1([CH2-])CCN(CC)CC1.[Y]. The molecular weight excluding hydrogens is 235 g/mol. The number of likely N-dealkylation sites (tertiary alicyclic amines) is 1. The van der Waals surface area contributed by atoms with E-state index in [4.69, 9.17) is 0 Å². The molecule has 1 saturated heterocycles. The van der Waals surface area contributed by atoms with Gasteiger partial charge in [-0.1, -0.05) is 19.8 Å². The zero-order valence-electron chi connectivity index (χ0n) is 8.89. The van der Waals surface area contributed by atoms with Gasteiger partial charge < -0.3 is 18.7 Å². The normalized spacial score (nSPS) is 22.4. The Kier molecular flexibility index (Phi) is 7.06. The second-order valence-corrected chi connectivity index (χ2v) is 4.04. The Morgan fingerprint density at radius 1 is 1.31 bits per heavy atom. The van der Waals surface area contributed by atoms with E-state index in [-0.39, 0.29) is 32.7 Å². The maximum absolute atomic E-state index is 4.32. The van der Waals surface area contributed by atoms with E-state index in [2.05, 4.69) is 25.7 Å². The first kappa shape index (κ1) is 14.1. The van der Waals surface area contributed by atoms with E-state index in [0.29, 0.717) is 5.41 Å². The Morgan fingerprint density at radius 3 is 2.23 bits per heavy atom. The van der Waals surface area contributed by atoms with Crippen molar-refractivity contribution >= 4 is 0 Å². The van der Waals surface area contributed by atoms with Crippen LogP contribution in [0, 0.1) is 19.3 Å². The molecule has 1 rings (SSSR count). The summed E-state index contributed by atoms with van der Waals surface area (Å²) in [5.41, 5.74) is 0.355. The van der Waals surface area contributed by atoms with Crippen molar-refractivity contribution in [3.8, 4) is 0 Å².